The Kier molecular flexibility index (Phi) is 2.79. The van der Waals surface area contributed by atoms with Crippen LogP contribution in [0.2, 0.25) is 0 Å². The summed E-state index contributed by atoms with van der Waals surface area (Å²) in [7, 11) is 0. The fourth-order valence-corrected chi connectivity index (χ4v) is 2.98. The monoisotopic (exact) mass is 290 g/mol. The summed E-state index contributed by atoms with van der Waals surface area (Å²) in [4.78, 5) is 18.9. The van der Waals surface area contributed by atoms with Crippen molar-refractivity contribution >= 4 is 11.7 Å². The van der Waals surface area contributed by atoms with Crippen molar-refractivity contribution in [3.63, 3.8) is 0 Å². The molecule has 1 N–H and O–H groups in total. The summed E-state index contributed by atoms with van der Waals surface area (Å²) in [5.74, 6) is 0.519. The summed E-state index contributed by atoms with van der Waals surface area (Å²) in [6.45, 7) is 1.94. The molecule has 0 unspecified atom stereocenters. The second-order valence-electron chi connectivity index (χ2n) is 5.29. The number of rotatable bonds is 2. The summed E-state index contributed by atoms with van der Waals surface area (Å²) in [5.41, 5.74) is 3.37. The third kappa shape index (κ3) is 1.75. The molecular weight excluding hydrogens is 276 g/mol. The predicted octanol–water partition coefficient (Wildman–Crippen LogP) is 2.86. The molecule has 1 aliphatic heterocycles. The van der Waals surface area contributed by atoms with Gasteiger partial charge in [-0.05, 0) is 24.6 Å². The van der Waals surface area contributed by atoms with E-state index in [0.29, 0.717) is 11.5 Å². The molecule has 1 aliphatic rings. The molecule has 0 fully saturated rings. The van der Waals surface area contributed by atoms with E-state index >= 15 is 0 Å². The lowest BCUT2D eigenvalue weighted by atomic mass is 9.99. The van der Waals surface area contributed by atoms with E-state index in [1.54, 1.807) is 11.1 Å². The third-order valence-corrected chi connectivity index (χ3v) is 3.96. The first-order chi connectivity index (χ1) is 10.8. The van der Waals surface area contributed by atoms with Gasteiger partial charge in [-0.25, -0.2) is 4.98 Å². The Hall–Kier alpha value is -2.95. The van der Waals surface area contributed by atoms with Gasteiger partial charge in [0.1, 0.15) is 5.82 Å². The first-order valence-electron chi connectivity index (χ1n) is 7.12. The molecule has 5 nitrogen and oxygen atoms in total. The Morgan fingerprint density at radius 2 is 1.86 bits per heavy atom. The molecular formula is C17H14N4O. The number of fused-ring (bicyclic) bond motifs is 1. The average molecular weight is 290 g/mol. The van der Waals surface area contributed by atoms with Gasteiger partial charge in [-0.1, -0.05) is 36.4 Å². The average Bonchev–Trinajstić information content (AvgIpc) is 3.08. The Morgan fingerprint density at radius 1 is 1.09 bits per heavy atom. The summed E-state index contributed by atoms with van der Waals surface area (Å²) < 4.78 is 0. The van der Waals surface area contributed by atoms with E-state index in [0.717, 1.165) is 16.8 Å². The van der Waals surface area contributed by atoms with E-state index in [1.165, 1.54) is 0 Å². The number of pyridine rings is 1. The summed E-state index contributed by atoms with van der Waals surface area (Å²) in [5, 5.41) is 7.11. The number of nitrogens with one attached hydrogen (secondary N) is 1. The molecule has 0 spiro atoms. The molecule has 0 bridgehead atoms. The number of anilines is 1. The number of nitrogens with zero attached hydrogens (tertiary/aromatic N) is 3. The van der Waals surface area contributed by atoms with Crippen LogP contribution in [-0.4, -0.2) is 21.1 Å². The highest BCUT2D eigenvalue weighted by atomic mass is 16.2. The topological polar surface area (TPSA) is 61.9 Å². The highest BCUT2D eigenvalue weighted by Gasteiger charge is 2.42. The zero-order chi connectivity index (χ0) is 15.1. The lowest BCUT2D eigenvalue weighted by molar-refractivity contribution is 0.0988. The van der Waals surface area contributed by atoms with Crippen molar-refractivity contribution in [2.75, 3.05) is 4.90 Å². The van der Waals surface area contributed by atoms with Gasteiger partial charge in [0.15, 0.2) is 5.69 Å². The van der Waals surface area contributed by atoms with Crippen LogP contribution in [0.5, 0.6) is 0 Å². The molecule has 5 heteroatoms. The number of H-pyrrole nitrogens is 1. The Balaban J connectivity index is 1.93. The molecule has 3 heterocycles. The quantitative estimate of drug-likeness (QED) is 0.789. The van der Waals surface area contributed by atoms with Gasteiger partial charge in [0.05, 0.1) is 6.04 Å². The number of amides is 1. The van der Waals surface area contributed by atoms with Crippen LogP contribution in [0.1, 0.15) is 33.4 Å². The zero-order valence-corrected chi connectivity index (χ0v) is 12.0. The number of benzene rings is 1. The summed E-state index contributed by atoms with van der Waals surface area (Å²) in [6, 6.07) is 15.3. The van der Waals surface area contributed by atoms with Crippen molar-refractivity contribution in [2.24, 2.45) is 0 Å². The van der Waals surface area contributed by atoms with Gasteiger partial charge in [-0.2, -0.15) is 5.10 Å². The normalized spacial score (nSPS) is 16.9. The molecule has 1 amide bonds. The first kappa shape index (κ1) is 12.8. The van der Waals surface area contributed by atoms with Crippen molar-refractivity contribution < 1.29 is 4.79 Å². The molecule has 2 aromatic heterocycles. The smallest absolute Gasteiger partial charge is 0.281 e. The van der Waals surface area contributed by atoms with Gasteiger partial charge in [-0.15, -0.1) is 0 Å². The molecule has 22 heavy (non-hydrogen) atoms. The number of carbonyl (C=O) groups excluding carboxylic acids is 1. The summed E-state index contributed by atoms with van der Waals surface area (Å²) >= 11 is 0. The molecule has 3 aromatic rings. The van der Waals surface area contributed by atoms with Crippen LogP contribution in [-0.2, 0) is 0 Å². The molecule has 1 atom stereocenters. The molecule has 0 saturated carbocycles. The molecule has 1 aromatic carbocycles. The Bertz CT molecular complexity index is 826. The molecule has 0 saturated heterocycles. The predicted molar refractivity (Wildman–Crippen MR) is 82.7 cm³/mol. The number of aromatic amines is 1. The van der Waals surface area contributed by atoms with Gasteiger partial charge in [-0.3, -0.25) is 14.8 Å². The van der Waals surface area contributed by atoms with Crippen LogP contribution in [0.3, 0.4) is 0 Å². The number of hydrogen-bond acceptors (Lipinski definition) is 3. The maximum absolute atomic E-state index is 12.8. The third-order valence-electron chi connectivity index (χ3n) is 3.96. The van der Waals surface area contributed by atoms with Gasteiger partial charge < -0.3 is 0 Å². The van der Waals surface area contributed by atoms with Crippen LogP contribution in [0.4, 0.5) is 5.82 Å². The van der Waals surface area contributed by atoms with Crippen LogP contribution >= 0.6 is 0 Å². The van der Waals surface area contributed by atoms with E-state index in [9.17, 15) is 4.79 Å². The van der Waals surface area contributed by atoms with Crippen molar-refractivity contribution in [1.82, 2.24) is 15.2 Å². The van der Waals surface area contributed by atoms with E-state index in [4.69, 9.17) is 0 Å². The fourth-order valence-electron chi connectivity index (χ4n) is 2.98. The number of hydrogen-bond donors (Lipinski definition) is 1. The van der Waals surface area contributed by atoms with E-state index in [2.05, 4.69) is 15.2 Å². The van der Waals surface area contributed by atoms with Crippen molar-refractivity contribution in [1.29, 1.82) is 0 Å². The van der Waals surface area contributed by atoms with Gasteiger partial charge in [0, 0.05) is 17.5 Å². The van der Waals surface area contributed by atoms with Crippen molar-refractivity contribution in [3.8, 4) is 0 Å². The highest BCUT2D eigenvalue weighted by Crippen LogP contribution is 2.41. The van der Waals surface area contributed by atoms with Crippen molar-refractivity contribution in [2.45, 2.75) is 13.0 Å². The van der Waals surface area contributed by atoms with E-state index in [-0.39, 0.29) is 11.9 Å². The minimum absolute atomic E-state index is 0.119. The standard InChI is InChI=1S/C17H14N4O/c1-11-14-15(20-19-11)17(22)21(13-9-5-6-10-18-13)16(14)12-7-3-2-4-8-12/h2-10,16H,1H3,(H,19,20)/t16-/m0/s1. The minimum Gasteiger partial charge on any atom is -0.282 e. The number of aromatic nitrogens is 3. The largest absolute Gasteiger partial charge is 0.282 e. The van der Waals surface area contributed by atoms with Crippen LogP contribution in [0.15, 0.2) is 54.7 Å². The van der Waals surface area contributed by atoms with Crippen LogP contribution < -0.4 is 4.90 Å². The highest BCUT2D eigenvalue weighted by molar-refractivity contribution is 6.10. The molecule has 108 valence electrons. The first-order valence-corrected chi connectivity index (χ1v) is 7.12. The molecule has 0 radical (unpaired) electrons. The van der Waals surface area contributed by atoms with Crippen molar-refractivity contribution in [3.05, 3.63) is 77.2 Å². The zero-order valence-electron chi connectivity index (χ0n) is 12.0. The van der Waals surface area contributed by atoms with Gasteiger partial charge in [0.25, 0.3) is 5.91 Å². The summed E-state index contributed by atoms with van der Waals surface area (Å²) in [6.07, 6.45) is 1.69. The second kappa shape index (κ2) is 4.80. The van der Waals surface area contributed by atoms with Crippen LogP contribution in [0.25, 0.3) is 0 Å². The second-order valence-corrected chi connectivity index (χ2v) is 5.29. The lowest BCUT2D eigenvalue weighted by Crippen LogP contribution is -2.30. The SMILES string of the molecule is Cc1[nH]nc2c1[C@H](c1ccccc1)N(c1ccccn1)C2=O. The Morgan fingerprint density at radius 3 is 2.59 bits per heavy atom. The van der Waals surface area contributed by atoms with Gasteiger partial charge >= 0.3 is 0 Å². The Labute approximate surface area is 127 Å². The fraction of sp³-hybridized carbons (Fsp3) is 0.118. The minimum atomic E-state index is -0.197. The maximum atomic E-state index is 12.8. The van der Waals surface area contributed by atoms with E-state index in [1.807, 2.05) is 55.5 Å². The number of aryl methyl sites for hydroxylation is 1. The van der Waals surface area contributed by atoms with Gasteiger partial charge in [0.2, 0.25) is 0 Å². The number of carbonyl (C=O) groups is 1. The van der Waals surface area contributed by atoms with E-state index < -0.39 is 0 Å². The van der Waals surface area contributed by atoms with Crippen LogP contribution in [0, 0.1) is 6.92 Å². The molecule has 0 aliphatic carbocycles. The lowest BCUT2D eigenvalue weighted by Gasteiger charge is -2.25. The molecule has 4 rings (SSSR count). The maximum Gasteiger partial charge on any atom is 0.281 e.